The zero-order valence-electron chi connectivity index (χ0n) is 17.0. The highest BCUT2D eigenvalue weighted by molar-refractivity contribution is 7.22. The Labute approximate surface area is 198 Å². The number of ketones is 1. The highest BCUT2D eigenvalue weighted by Gasteiger charge is 2.47. The Bertz CT molecular complexity index is 1580. The van der Waals surface area contributed by atoms with Crippen molar-refractivity contribution >= 4 is 60.7 Å². The molecular weight excluding hydrogens is 482 g/mol. The zero-order valence-corrected chi connectivity index (χ0v) is 18.6. The number of Topliss-reactive ketones (excluding diaryl/α,β-unsaturated/α-hetero) is 1. The van der Waals surface area contributed by atoms with E-state index in [1.807, 2.05) is 0 Å². The maximum absolute atomic E-state index is 13.7. The molecule has 1 N–H and O–H groups in total. The van der Waals surface area contributed by atoms with E-state index in [0.29, 0.717) is 20.5 Å². The molecule has 6 nitrogen and oxygen atoms in total. The largest absolute Gasteiger partial charge is 0.503 e. The Morgan fingerprint density at radius 2 is 1.88 bits per heavy atom. The van der Waals surface area contributed by atoms with Gasteiger partial charge in [0.2, 0.25) is 5.78 Å². The van der Waals surface area contributed by atoms with E-state index in [2.05, 4.69) is 4.98 Å². The van der Waals surface area contributed by atoms with Gasteiger partial charge in [0, 0.05) is 16.3 Å². The van der Waals surface area contributed by atoms with Crippen LogP contribution in [0.15, 0.2) is 75.7 Å². The molecule has 1 aliphatic rings. The standard InChI is InChI=1S/C24H12F2N2O4S2/c25-12-9-14-18(10-13(12)26)34-24(27-14)28-20(17-6-3-7-33-17)19(22(30)23(28)31)21(29)16-8-11-4-1-2-5-15(11)32-16/h1-10,20,30H. The van der Waals surface area contributed by atoms with Crippen molar-refractivity contribution < 1.29 is 27.9 Å². The molecule has 2 aromatic carbocycles. The third-order valence-corrected chi connectivity index (χ3v) is 7.48. The number of fused-ring (bicyclic) bond motifs is 2. The van der Waals surface area contributed by atoms with Crippen LogP contribution in [0.25, 0.3) is 21.2 Å². The molecule has 0 fully saturated rings. The molecule has 1 atom stereocenters. The Hall–Kier alpha value is -3.89. The number of anilines is 1. The number of benzene rings is 2. The van der Waals surface area contributed by atoms with Gasteiger partial charge in [-0.1, -0.05) is 35.6 Å². The van der Waals surface area contributed by atoms with E-state index in [4.69, 9.17) is 4.42 Å². The minimum atomic E-state index is -1.06. The van der Waals surface area contributed by atoms with Crippen molar-refractivity contribution in [2.45, 2.75) is 6.04 Å². The van der Waals surface area contributed by atoms with Crippen molar-refractivity contribution in [1.29, 1.82) is 0 Å². The van der Waals surface area contributed by atoms with Gasteiger partial charge in [0.25, 0.3) is 5.91 Å². The molecule has 0 bridgehead atoms. The summed E-state index contributed by atoms with van der Waals surface area (Å²) in [6.07, 6.45) is 0. The van der Waals surface area contributed by atoms with Crippen LogP contribution in [0.1, 0.15) is 21.5 Å². The first-order valence-corrected chi connectivity index (χ1v) is 11.7. The molecule has 0 spiro atoms. The number of halogens is 2. The van der Waals surface area contributed by atoms with Gasteiger partial charge >= 0.3 is 0 Å². The lowest BCUT2D eigenvalue weighted by molar-refractivity contribution is -0.117. The molecule has 0 radical (unpaired) electrons. The number of thiophene rings is 1. The van der Waals surface area contributed by atoms with E-state index in [1.165, 1.54) is 16.2 Å². The molecule has 1 amide bonds. The molecular formula is C24H12F2N2O4S2. The Morgan fingerprint density at radius 3 is 2.65 bits per heavy atom. The molecule has 0 aliphatic carbocycles. The van der Waals surface area contributed by atoms with Crippen LogP contribution in [-0.4, -0.2) is 21.8 Å². The Balaban J connectivity index is 1.49. The lowest BCUT2D eigenvalue weighted by atomic mass is 10.0. The van der Waals surface area contributed by atoms with Crippen LogP contribution in [0.2, 0.25) is 0 Å². The Morgan fingerprint density at radius 1 is 1.09 bits per heavy atom. The second kappa shape index (κ2) is 7.57. The monoisotopic (exact) mass is 494 g/mol. The summed E-state index contributed by atoms with van der Waals surface area (Å²) in [6, 6.07) is 13.1. The highest BCUT2D eigenvalue weighted by atomic mass is 32.1. The maximum Gasteiger partial charge on any atom is 0.296 e. The number of aromatic nitrogens is 1. The molecule has 6 rings (SSSR count). The number of nitrogens with zero attached hydrogens (tertiary/aromatic N) is 2. The predicted molar refractivity (Wildman–Crippen MR) is 124 cm³/mol. The molecule has 168 valence electrons. The van der Waals surface area contributed by atoms with Crippen LogP contribution in [0.4, 0.5) is 13.9 Å². The third-order valence-electron chi connectivity index (χ3n) is 5.54. The number of hydrogen-bond donors (Lipinski definition) is 1. The molecule has 10 heteroatoms. The number of carbonyl (C=O) groups is 2. The summed E-state index contributed by atoms with van der Waals surface area (Å²) in [5.74, 6) is -4.31. The summed E-state index contributed by atoms with van der Waals surface area (Å²) in [5.41, 5.74) is 0.506. The first kappa shape index (κ1) is 20.7. The minimum absolute atomic E-state index is 0.0209. The average molecular weight is 495 g/mol. The number of thiazole rings is 1. The summed E-state index contributed by atoms with van der Waals surface area (Å²) in [4.78, 5) is 32.8. The summed E-state index contributed by atoms with van der Waals surface area (Å²) in [6.45, 7) is 0. The summed E-state index contributed by atoms with van der Waals surface area (Å²) in [7, 11) is 0. The van der Waals surface area contributed by atoms with Crippen molar-refractivity contribution in [2.75, 3.05) is 4.90 Å². The van der Waals surface area contributed by atoms with Crippen LogP contribution in [0.5, 0.6) is 0 Å². The quantitative estimate of drug-likeness (QED) is 0.302. The van der Waals surface area contributed by atoms with Gasteiger partial charge in [-0.05, 0) is 29.6 Å². The maximum atomic E-state index is 13.7. The fraction of sp³-hybridized carbons (Fsp3) is 0.0417. The highest BCUT2D eigenvalue weighted by Crippen LogP contribution is 2.45. The molecule has 1 aliphatic heterocycles. The number of para-hydroxylation sites is 1. The summed E-state index contributed by atoms with van der Waals surface area (Å²) >= 11 is 2.25. The average Bonchev–Trinajstić information content (AvgIpc) is 3.60. The van der Waals surface area contributed by atoms with Gasteiger partial charge in [0.15, 0.2) is 28.3 Å². The second-order valence-electron chi connectivity index (χ2n) is 7.56. The number of aliphatic hydroxyl groups is 1. The molecule has 1 unspecified atom stereocenters. The normalized spacial score (nSPS) is 16.4. The van der Waals surface area contributed by atoms with Crippen LogP contribution in [0, 0.1) is 11.6 Å². The van der Waals surface area contributed by atoms with E-state index in [0.717, 1.165) is 23.5 Å². The lowest BCUT2D eigenvalue weighted by Crippen LogP contribution is -2.30. The number of aliphatic hydroxyl groups excluding tert-OH is 1. The molecule has 5 aromatic rings. The van der Waals surface area contributed by atoms with E-state index < -0.39 is 35.1 Å². The summed E-state index contributed by atoms with van der Waals surface area (Å²) < 4.78 is 33.5. The van der Waals surface area contributed by atoms with Crippen molar-refractivity contribution in [3.05, 3.63) is 93.6 Å². The van der Waals surface area contributed by atoms with E-state index in [9.17, 15) is 23.5 Å². The summed E-state index contributed by atoms with van der Waals surface area (Å²) in [5, 5.41) is 13.4. The lowest BCUT2D eigenvalue weighted by Gasteiger charge is -2.22. The SMILES string of the molecule is O=C(C1=C(O)C(=O)N(c2nc3cc(F)c(F)cc3s2)C1c1cccs1)c1cc2ccccc2o1. The smallest absolute Gasteiger partial charge is 0.296 e. The van der Waals surface area contributed by atoms with E-state index in [-0.39, 0.29) is 22.0 Å². The van der Waals surface area contributed by atoms with Gasteiger partial charge < -0.3 is 9.52 Å². The molecule has 34 heavy (non-hydrogen) atoms. The van der Waals surface area contributed by atoms with Crippen molar-refractivity contribution in [2.24, 2.45) is 0 Å². The van der Waals surface area contributed by atoms with Crippen LogP contribution in [0.3, 0.4) is 0 Å². The van der Waals surface area contributed by atoms with Crippen molar-refractivity contribution in [3.8, 4) is 0 Å². The van der Waals surface area contributed by atoms with Gasteiger partial charge in [0.1, 0.15) is 11.6 Å². The minimum Gasteiger partial charge on any atom is -0.503 e. The first-order chi connectivity index (χ1) is 16.4. The molecule has 0 saturated heterocycles. The predicted octanol–water partition coefficient (Wildman–Crippen LogP) is 6.17. The van der Waals surface area contributed by atoms with Crippen LogP contribution >= 0.6 is 22.7 Å². The van der Waals surface area contributed by atoms with Gasteiger partial charge in [-0.2, -0.15) is 0 Å². The number of hydrogen-bond acceptors (Lipinski definition) is 7. The van der Waals surface area contributed by atoms with Crippen molar-refractivity contribution in [3.63, 3.8) is 0 Å². The topological polar surface area (TPSA) is 83.6 Å². The first-order valence-electron chi connectivity index (χ1n) is 10.0. The van der Waals surface area contributed by atoms with E-state index in [1.54, 1.807) is 47.8 Å². The van der Waals surface area contributed by atoms with Crippen molar-refractivity contribution in [1.82, 2.24) is 4.98 Å². The molecule has 3 aromatic heterocycles. The van der Waals surface area contributed by atoms with Crippen LogP contribution < -0.4 is 4.90 Å². The Kier molecular flexibility index (Phi) is 4.61. The number of amides is 1. The van der Waals surface area contributed by atoms with Gasteiger partial charge in [-0.3, -0.25) is 14.5 Å². The number of carbonyl (C=O) groups excluding carboxylic acids is 2. The molecule has 4 heterocycles. The fourth-order valence-corrected chi connectivity index (χ4v) is 5.81. The molecule has 0 saturated carbocycles. The van der Waals surface area contributed by atoms with Crippen LogP contribution in [-0.2, 0) is 4.79 Å². The van der Waals surface area contributed by atoms with Gasteiger partial charge in [-0.25, -0.2) is 13.8 Å². The third kappa shape index (κ3) is 3.06. The van der Waals surface area contributed by atoms with Gasteiger partial charge in [-0.15, -0.1) is 11.3 Å². The number of furan rings is 1. The van der Waals surface area contributed by atoms with E-state index >= 15 is 0 Å². The van der Waals surface area contributed by atoms with Gasteiger partial charge in [0.05, 0.1) is 15.8 Å². The fourth-order valence-electron chi connectivity index (χ4n) is 3.99. The number of rotatable bonds is 4. The second-order valence-corrected chi connectivity index (χ2v) is 9.55. The zero-order chi connectivity index (χ0) is 23.6.